The fraction of sp³-hybridized carbons (Fsp3) is 0.857. The topological polar surface area (TPSA) is 35.5 Å². The van der Waals surface area contributed by atoms with Gasteiger partial charge in [0.25, 0.3) is 0 Å². The Morgan fingerprint density at radius 2 is 2.45 bits per heavy atom. The van der Waals surface area contributed by atoms with Crippen LogP contribution < -0.4 is 0 Å². The maximum absolute atomic E-state index is 11.0. The summed E-state index contributed by atoms with van der Waals surface area (Å²) in [5.74, 6) is -0.296. The summed E-state index contributed by atoms with van der Waals surface area (Å²) >= 11 is 5.62. The van der Waals surface area contributed by atoms with Crippen molar-refractivity contribution in [2.45, 2.75) is 31.4 Å². The number of alkyl halides is 1. The molecule has 1 fully saturated rings. The summed E-state index contributed by atoms with van der Waals surface area (Å²) in [5.41, 5.74) is -0.315. The first-order valence-corrected chi connectivity index (χ1v) is 4.14. The molecule has 11 heavy (non-hydrogen) atoms. The Hall–Kier alpha value is -0.280. The standard InChI is InChI=1S/C7H11ClO3/c1-2-10-7(9)5-3-4-6(8)11-5/h5-6H,2-4H2,1H3. The fourth-order valence-corrected chi connectivity index (χ4v) is 1.26. The average Bonchev–Trinajstić information content (AvgIpc) is 2.36. The van der Waals surface area contributed by atoms with Crippen molar-refractivity contribution in [2.75, 3.05) is 6.61 Å². The van der Waals surface area contributed by atoms with Gasteiger partial charge in [-0.25, -0.2) is 4.79 Å². The summed E-state index contributed by atoms with van der Waals surface area (Å²) in [4.78, 5) is 11.0. The Morgan fingerprint density at radius 3 is 2.91 bits per heavy atom. The number of carbonyl (C=O) groups excluding carboxylic acids is 1. The highest BCUT2D eigenvalue weighted by Crippen LogP contribution is 2.22. The van der Waals surface area contributed by atoms with Gasteiger partial charge in [0.2, 0.25) is 0 Å². The fourth-order valence-electron chi connectivity index (χ4n) is 1.01. The van der Waals surface area contributed by atoms with E-state index in [1.165, 1.54) is 0 Å². The van der Waals surface area contributed by atoms with Crippen molar-refractivity contribution in [2.24, 2.45) is 0 Å². The van der Waals surface area contributed by atoms with Crippen LogP contribution in [0.3, 0.4) is 0 Å². The number of carbonyl (C=O) groups is 1. The summed E-state index contributed by atoms with van der Waals surface area (Å²) in [7, 11) is 0. The molecular weight excluding hydrogens is 168 g/mol. The lowest BCUT2D eigenvalue weighted by Crippen LogP contribution is -2.22. The molecule has 0 amide bonds. The number of esters is 1. The summed E-state index contributed by atoms with van der Waals surface area (Å²) in [6.07, 6.45) is 0.968. The zero-order valence-corrected chi connectivity index (χ0v) is 7.13. The maximum Gasteiger partial charge on any atom is 0.335 e. The molecule has 1 heterocycles. The first-order chi connectivity index (χ1) is 5.24. The summed E-state index contributed by atoms with van der Waals surface area (Å²) < 4.78 is 9.82. The van der Waals surface area contributed by atoms with Gasteiger partial charge in [0.1, 0.15) is 5.56 Å². The monoisotopic (exact) mass is 178 g/mol. The van der Waals surface area contributed by atoms with Crippen LogP contribution in [-0.4, -0.2) is 24.2 Å². The summed E-state index contributed by atoms with van der Waals surface area (Å²) in [5, 5.41) is 0. The third-order valence-corrected chi connectivity index (χ3v) is 1.84. The van der Waals surface area contributed by atoms with E-state index in [4.69, 9.17) is 21.1 Å². The van der Waals surface area contributed by atoms with E-state index in [9.17, 15) is 4.79 Å². The Labute approximate surface area is 70.6 Å². The van der Waals surface area contributed by atoms with E-state index in [1.807, 2.05) is 0 Å². The number of hydrogen-bond acceptors (Lipinski definition) is 3. The molecular formula is C7H11ClO3. The molecule has 2 unspecified atom stereocenters. The van der Waals surface area contributed by atoms with E-state index >= 15 is 0 Å². The molecule has 0 aromatic rings. The summed E-state index contributed by atoms with van der Waals surface area (Å²) in [6, 6.07) is 0. The number of halogens is 1. The lowest BCUT2D eigenvalue weighted by molar-refractivity contribution is -0.154. The molecule has 0 saturated carbocycles. The van der Waals surface area contributed by atoms with Crippen molar-refractivity contribution in [1.82, 2.24) is 0 Å². The van der Waals surface area contributed by atoms with E-state index in [0.29, 0.717) is 13.0 Å². The van der Waals surface area contributed by atoms with E-state index in [1.54, 1.807) is 6.92 Å². The molecule has 2 atom stereocenters. The highest BCUT2D eigenvalue weighted by atomic mass is 35.5. The van der Waals surface area contributed by atoms with Crippen LogP contribution in [0.5, 0.6) is 0 Å². The third kappa shape index (κ3) is 2.34. The Morgan fingerprint density at radius 1 is 1.73 bits per heavy atom. The first kappa shape index (κ1) is 8.81. The predicted octanol–water partition coefficient (Wildman–Crippen LogP) is 1.29. The van der Waals surface area contributed by atoms with Gasteiger partial charge >= 0.3 is 5.97 Å². The molecule has 0 radical (unpaired) electrons. The van der Waals surface area contributed by atoms with E-state index in [-0.39, 0.29) is 11.5 Å². The number of rotatable bonds is 2. The van der Waals surface area contributed by atoms with Gasteiger partial charge in [-0.15, -0.1) is 0 Å². The Balaban J connectivity index is 2.31. The van der Waals surface area contributed by atoms with Crippen molar-refractivity contribution in [1.29, 1.82) is 0 Å². The number of ether oxygens (including phenoxy) is 2. The van der Waals surface area contributed by atoms with Crippen molar-refractivity contribution in [3.63, 3.8) is 0 Å². The van der Waals surface area contributed by atoms with Crippen LogP contribution in [0.1, 0.15) is 19.8 Å². The second-order valence-electron chi connectivity index (χ2n) is 2.36. The molecule has 1 aliphatic rings. The normalized spacial score (nSPS) is 30.4. The zero-order chi connectivity index (χ0) is 8.27. The quantitative estimate of drug-likeness (QED) is 0.472. The molecule has 1 saturated heterocycles. The van der Waals surface area contributed by atoms with Crippen molar-refractivity contribution in [3.05, 3.63) is 0 Å². The van der Waals surface area contributed by atoms with Gasteiger partial charge in [-0.05, 0) is 19.8 Å². The van der Waals surface area contributed by atoms with Gasteiger partial charge in [0.15, 0.2) is 6.10 Å². The molecule has 0 spiro atoms. The van der Waals surface area contributed by atoms with Crippen LogP contribution in [-0.2, 0) is 14.3 Å². The van der Waals surface area contributed by atoms with Gasteiger partial charge in [0.05, 0.1) is 6.61 Å². The molecule has 1 rings (SSSR count). The first-order valence-electron chi connectivity index (χ1n) is 3.70. The van der Waals surface area contributed by atoms with Gasteiger partial charge in [-0.1, -0.05) is 11.6 Å². The second kappa shape index (κ2) is 3.93. The highest BCUT2D eigenvalue weighted by molar-refractivity contribution is 6.19. The molecule has 0 bridgehead atoms. The SMILES string of the molecule is CCOC(=O)C1CCC(Cl)O1. The second-order valence-corrected chi connectivity index (χ2v) is 2.85. The Kier molecular flexibility index (Phi) is 3.15. The van der Waals surface area contributed by atoms with E-state index < -0.39 is 6.10 Å². The maximum atomic E-state index is 11.0. The lowest BCUT2D eigenvalue weighted by atomic mass is 10.2. The minimum atomic E-state index is -0.433. The minimum Gasteiger partial charge on any atom is -0.464 e. The van der Waals surface area contributed by atoms with Crippen LogP contribution in [0, 0.1) is 0 Å². The molecule has 64 valence electrons. The molecule has 0 N–H and O–H groups in total. The van der Waals surface area contributed by atoms with Crippen LogP contribution in [0.4, 0.5) is 0 Å². The minimum absolute atomic E-state index is 0.296. The van der Waals surface area contributed by atoms with Crippen molar-refractivity contribution < 1.29 is 14.3 Å². The largest absolute Gasteiger partial charge is 0.464 e. The van der Waals surface area contributed by atoms with Crippen LogP contribution in [0.15, 0.2) is 0 Å². The third-order valence-electron chi connectivity index (χ3n) is 1.52. The zero-order valence-electron chi connectivity index (χ0n) is 6.38. The highest BCUT2D eigenvalue weighted by Gasteiger charge is 2.30. The van der Waals surface area contributed by atoms with E-state index in [0.717, 1.165) is 6.42 Å². The van der Waals surface area contributed by atoms with Crippen LogP contribution >= 0.6 is 11.6 Å². The van der Waals surface area contributed by atoms with Gasteiger partial charge in [-0.2, -0.15) is 0 Å². The van der Waals surface area contributed by atoms with Gasteiger partial charge in [0, 0.05) is 0 Å². The molecule has 3 nitrogen and oxygen atoms in total. The molecule has 4 heteroatoms. The smallest absolute Gasteiger partial charge is 0.335 e. The van der Waals surface area contributed by atoms with E-state index in [2.05, 4.69) is 0 Å². The van der Waals surface area contributed by atoms with Gasteiger partial charge < -0.3 is 9.47 Å². The van der Waals surface area contributed by atoms with Crippen molar-refractivity contribution in [3.8, 4) is 0 Å². The van der Waals surface area contributed by atoms with Crippen LogP contribution in [0.25, 0.3) is 0 Å². The molecule has 0 aromatic heterocycles. The lowest BCUT2D eigenvalue weighted by Gasteiger charge is -2.07. The number of hydrogen-bond donors (Lipinski definition) is 0. The van der Waals surface area contributed by atoms with Crippen LogP contribution in [0.2, 0.25) is 0 Å². The summed E-state index contributed by atoms with van der Waals surface area (Å²) in [6.45, 7) is 2.16. The molecule has 1 aliphatic heterocycles. The molecule has 0 aliphatic carbocycles. The average molecular weight is 179 g/mol. The van der Waals surface area contributed by atoms with Crippen molar-refractivity contribution >= 4 is 17.6 Å². The Bertz CT molecular complexity index is 149. The van der Waals surface area contributed by atoms with Gasteiger partial charge in [-0.3, -0.25) is 0 Å². The predicted molar refractivity (Wildman–Crippen MR) is 40.4 cm³/mol. The molecule has 0 aromatic carbocycles.